The third-order valence-electron chi connectivity index (χ3n) is 2.98. The van der Waals surface area contributed by atoms with Gasteiger partial charge in [-0.25, -0.2) is 5.43 Å². The first kappa shape index (κ1) is 18.1. The fourth-order valence-corrected chi connectivity index (χ4v) is 4.01. The molecule has 23 heavy (non-hydrogen) atoms. The summed E-state index contributed by atoms with van der Waals surface area (Å²) in [5, 5.41) is 13.9. The van der Waals surface area contributed by atoms with E-state index in [9.17, 15) is 9.90 Å². The van der Waals surface area contributed by atoms with Crippen LogP contribution in [0.4, 0.5) is 0 Å². The van der Waals surface area contributed by atoms with Crippen molar-refractivity contribution in [1.29, 1.82) is 0 Å². The zero-order valence-corrected chi connectivity index (χ0v) is 16.5. The third kappa shape index (κ3) is 4.88. The SMILES string of the molecule is COc1c(I)cc(I)cc1/C=N/NC(=O)C(O)c1ccccc1. The van der Waals surface area contributed by atoms with Crippen molar-refractivity contribution in [3.63, 3.8) is 0 Å². The Morgan fingerprint density at radius 2 is 2.00 bits per heavy atom. The van der Waals surface area contributed by atoms with Gasteiger partial charge in [-0.05, 0) is 62.9 Å². The normalized spacial score (nSPS) is 12.2. The Bertz CT molecular complexity index is 721. The quantitative estimate of drug-likeness (QED) is 0.351. The van der Waals surface area contributed by atoms with Crippen LogP contribution in [0.5, 0.6) is 5.75 Å². The number of ether oxygens (including phenoxy) is 1. The molecule has 2 N–H and O–H groups in total. The first-order chi connectivity index (χ1) is 11.0. The molecule has 0 bridgehead atoms. The number of hydrogen-bond acceptors (Lipinski definition) is 4. The van der Waals surface area contributed by atoms with Crippen LogP contribution in [0, 0.1) is 7.14 Å². The van der Waals surface area contributed by atoms with Crippen LogP contribution >= 0.6 is 45.2 Å². The van der Waals surface area contributed by atoms with Gasteiger partial charge in [0, 0.05) is 9.13 Å². The Kier molecular flexibility index (Phi) is 6.78. The van der Waals surface area contributed by atoms with Crippen molar-refractivity contribution in [1.82, 2.24) is 5.43 Å². The summed E-state index contributed by atoms with van der Waals surface area (Å²) in [6, 6.07) is 12.6. The first-order valence-corrected chi connectivity index (χ1v) is 8.77. The lowest BCUT2D eigenvalue weighted by atomic mass is 10.1. The zero-order valence-electron chi connectivity index (χ0n) is 12.2. The molecule has 0 radical (unpaired) electrons. The first-order valence-electron chi connectivity index (χ1n) is 6.62. The van der Waals surface area contributed by atoms with Crippen molar-refractivity contribution in [2.75, 3.05) is 7.11 Å². The predicted octanol–water partition coefficient (Wildman–Crippen LogP) is 3.09. The largest absolute Gasteiger partial charge is 0.495 e. The van der Waals surface area contributed by atoms with Gasteiger partial charge in [-0.3, -0.25) is 4.79 Å². The Hall–Kier alpha value is -1.20. The van der Waals surface area contributed by atoms with E-state index in [2.05, 4.69) is 55.7 Å². The monoisotopic (exact) mass is 536 g/mol. The zero-order chi connectivity index (χ0) is 16.8. The number of rotatable bonds is 5. The Labute approximate surface area is 161 Å². The number of amides is 1. The van der Waals surface area contributed by atoms with Gasteiger partial charge in [0.05, 0.1) is 16.9 Å². The summed E-state index contributed by atoms with van der Waals surface area (Å²) in [4.78, 5) is 11.9. The highest BCUT2D eigenvalue weighted by molar-refractivity contribution is 14.1. The van der Waals surface area contributed by atoms with Gasteiger partial charge in [-0.2, -0.15) is 5.10 Å². The number of benzene rings is 2. The number of hydrazone groups is 1. The van der Waals surface area contributed by atoms with Gasteiger partial charge in [0.15, 0.2) is 6.10 Å². The number of carbonyl (C=O) groups is 1. The minimum atomic E-state index is -1.26. The number of hydrogen-bond donors (Lipinski definition) is 2. The maximum atomic E-state index is 11.9. The number of nitrogens with one attached hydrogen (secondary N) is 1. The molecule has 0 fully saturated rings. The van der Waals surface area contributed by atoms with Crippen molar-refractivity contribution in [2.24, 2.45) is 5.10 Å². The lowest BCUT2D eigenvalue weighted by Gasteiger charge is -2.09. The van der Waals surface area contributed by atoms with Gasteiger partial charge in [0.2, 0.25) is 0 Å². The Morgan fingerprint density at radius 1 is 1.30 bits per heavy atom. The molecule has 0 saturated heterocycles. The van der Waals surface area contributed by atoms with E-state index < -0.39 is 12.0 Å². The fraction of sp³-hybridized carbons (Fsp3) is 0.125. The molecular weight excluding hydrogens is 522 g/mol. The molecule has 5 nitrogen and oxygen atoms in total. The van der Waals surface area contributed by atoms with E-state index in [0.717, 1.165) is 12.7 Å². The molecule has 2 rings (SSSR count). The summed E-state index contributed by atoms with van der Waals surface area (Å²) in [5.41, 5.74) is 3.60. The number of nitrogens with zero attached hydrogens (tertiary/aromatic N) is 1. The minimum Gasteiger partial charge on any atom is -0.495 e. The molecule has 120 valence electrons. The standard InChI is InChI=1S/C16H14I2N2O3/c1-23-15-11(7-12(17)8-13(15)18)9-19-20-16(22)14(21)10-5-3-2-4-6-10/h2-9,14,21H,1H3,(H,20,22)/b19-9+. The van der Waals surface area contributed by atoms with E-state index in [1.807, 2.05) is 18.2 Å². The van der Waals surface area contributed by atoms with Crippen molar-refractivity contribution >= 4 is 57.3 Å². The summed E-state index contributed by atoms with van der Waals surface area (Å²) in [6.07, 6.45) is 0.241. The van der Waals surface area contributed by atoms with Crippen molar-refractivity contribution in [3.05, 3.63) is 60.7 Å². The average molecular weight is 536 g/mol. The highest BCUT2D eigenvalue weighted by atomic mass is 127. The van der Waals surface area contributed by atoms with E-state index >= 15 is 0 Å². The number of methoxy groups -OCH3 is 1. The highest BCUT2D eigenvalue weighted by Gasteiger charge is 2.16. The van der Waals surface area contributed by atoms with Crippen LogP contribution in [0.3, 0.4) is 0 Å². The average Bonchev–Trinajstić information content (AvgIpc) is 2.54. The molecule has 0 heterocycles. The minimum absolute atomic E-state index is 0.515. The molecule has 1 unspecified atom stereocenters. The van der Waals surface area contributed by atoms with Gasteiger partial charge < -0.3 is 9.84 Å². The van der Waals surface area contributed by atoms with Crippen LogP contribution in [0.15, 0.2) is 47.6 Å². The van der Waals surface area contributed by atoms with Crippen molar-refractivity contribution < 1.29 is 14.6 Å². The second-order valence-electron chi connectivity index (χ2n) is 4.56. The summed E-state index contributed by atoms with van der Waals surface area (Å²) in [5.74, 6) is 0.0966. The molecule has 0 aliphatic heterocycles. The maximum Gasteiger partial charge on any atom is 0.273 e. The predicted molar refractivity (Wildman–Crippen MR) is 106 cm³/mol. The van der Waals surface area contributed by atoms with Crippen LogP contribution in [-0.2, 0) is 4.79 Å². The van der Waals surface area contributed by atoms with E-state index in [1.54, 1.807) is 31.4 Å². The molecule has 1 amide bonds. The van der Waals surface area contributed by atoms with Crippen LogP contribution < -0.4 is 10.2 Å². The molecular formula is C16H14I2N2O3. The van der Waals surface area contributed by atoms with Crippen molar-refractivity contribution in [2.45, 2.75) is 6.10 Å². The van der Waals surface area contributed by atoms with Gasteiger partial charge in [0.25, 0.3) is 5.91 Å². The smallest absolute Gasteiger partial charge is 0.273 e. The highest BCUT2D eigenvalue weighted by Crippen LogP contribution is 2.26. The molecule has 2 aromatic rings. The van der Waals surface area contributed by atoms with Crippen LogP contribution in [0.25, 0.3) is 0 Å². The maximum absolute atomic E-state index is 11.9. The molecule has 2 aromatic carbocycles. The van der Waals surface area contributed by atoms with E-state index in [4.69, 9.17) is 4.74 Å². The molecule has 0 aliphatic rings. The molecule has 0 spiro atoms. The number of carbonyl (C=O) groups excluding carboxylic acids is 1. The lowest BCUT2D eigenvalue weighted by Crippen LogP contribution is -2.25. The summed E-state index contributed by atoms with van der Waals surface area (Å²) >= 11 is 4.37. The molecule has 0 aromatic heterocycles. The molecule has 7 heteroatoms. The summed E-state index contributed by atoms with van der Waals surface area (Å²) in [7, 11) is 1.58. The molecule has 0 saturated carbocycles. The third-order valence-corrected chi connectivity index (χ3v) is 4.41. The van der Waals surface area contributed by atoms with Gasteiger partial charge >= 0.3 is 0 Å². The second-order valence-corrected chi connectivity index (χ2v) is 6.97. The Morgan fingerprint density at radius 3 is 2.65 bits per heavy atom. The summed E-state index contributed by atoms with van der Waals surface area (Å²) in [6.45, 7) is 0. The van der Waals surface area contributed by atoms with Gasteiger partial charge in [-0.1, -0.05) is 30.3 Å². The van der Waals surface area contributed by atoms with Crippen LogP contribution in [-0.4, -0.2) is 24.3 Å². The van der Waals surface area contributed by atoms with Crippen molar-refractivity contribution in [3.8, 4) is 5.75 Å². The second kappa shape index (κ2) is 8.60. The topological polar surface area (TPSA) is 70.9 Å². The molecule has 1 atom stereocenters. The number of aliphatic hydroxyl groups excluding tert-OH is 1. The lowest BCUT2D eigenvalue weighted by molar-refractivity contribution is -0.129. The number of aliphatic hydroxyl groups is 1. The fourth-order valence-electron chi connectivity index (χ4n) is 1.90. The van der Waals surface area contributed by atoms with E-state index in [0.29, 0.717) is 11.3 Å². The van der Waals surface area contributed by atoms with E-state index in [-0.39, 0.29) is 0 Å². The van der Waals surface area contributed by atoms with Crippen LogP contribution in [0.2, 0.25) is 0 Å². The molecule has 0 aliphatic carbocycles. The van der Waals surface area contributed by atoms with Crippen LogP contribution in [0.1, 0.15) is 17.2 Å². The Balaban J connectivity index is 2.09. The number of halogens is 2. The van der Waals surface area contributed by atoms with E-state index in [1.165, 1.54) is 6.21 Å². The summed E-state index contributed by atoms with van der Waals surface area (Å²) < 4.78 is 7.33. The van der Waals surface area contributed by atoms with Gasteiger partial charge in [0.1, 0.15) is 5.75 Å². The van der Waals surface area contributed by atoms with Gasteiger partial charge in [-0.15, -0.1) is 0 Å².